The van der Waals surface area contributed by atoms with Gasteiger partial charge in [0, 0.05) is 5.39 Å². The highest BCUT2D eigenvalue weighted by atomic mass is 35.5. The minimum atomic E-state index is -0.747. The van der Waals surface area contributed by atoms with Gasteiger partial charge in [-0.3, -0.25) is 9.59 Å². The van der Waals surface area contributed by atoms with E-state index in [1.54, 1.807) is 32.0 Å². The van der Waals surface area contributed by atoms with Crippen molar-refractivity contribution in [1.29, 1.82) is 0 Å². The number of para-hydroxylation sites is 1. The summed E-state index contributed by atoms with van der Waals surface area (Å²) in [4.78, 5) is 43.5. The number of fused-ring (bicyclic) bond motifs is 1. The molecule has 0 fully saturated rings. The maximum atomic E-state index is 13.4. The number of rotatable bonds is 6. The third-order valence-corrected chi connectivity index (χ3v) is 7.31. The van der Waals surface area contributed by atoms with E-state index >= 15 is 0 Å². The van der Waals surface area contributed by atoms with E-state index in [1.165, 1.54) is 11.3 Å². The average Bonchev–Trinajstić information content (AvgIpc) is 3.36. The number of primary amides is 1. The van der Waals surface area contributed by atoms with E-state index in [0.717, 1.165) is 16.2 Å². The number of halogens is 1. The Morgan fingerprint density at radius 2 is 1.91 bits per heavy atom. The molecule has 3 heterocycles. The zero-order chi connectivity index (χ0) is 23.7. The normalized spacial score (nSPS) is 10.9. The lowest BCUT2D eigenvalue weighted by Gasteiger charge is -2.10. The first-order valence-electron chi connectivity index (χ1n) is 9.87. The van der Waals surface area contributed by atoms with Gasteiger partial charge in [0.1, 0.15) is 9.88 Å². The Morgan fingerprint density at radius 1 is 1.15 bits per heavy atom. The number of anilines is 1. The summed E-state index contributed by atoms with van der Waals surface area (Å²) in [7, 11) is 0. The molecule has 33 heavy (non-hydrogen) atoms. The van der Waals surface area contributed by atoms with Crippen LogP contribution < -0.4 is 11.1 Å². The van der Waals surface area contributed by atoms with E-state index < -0.39 is 17.8 Å². The Labute approximate surface area is 202 Å². The van der Waals surface area contributed by atoms with E-state index in [0.29, 0.717) is 32.1 Å². The molecule has 3 aromatic heterocycles. The maximum Gasteiger partial charge on any atom is 0.348 e. The molecule has 0 saturated carbocycles. The number of hydrogen-bond acceptors (Lipinski definition) is 7. The number of aromatic nitrogens is 1. The number of hydrogen-bond donors (Lipinski definition) is 2. The summed E-state index contributed by atoms with van der Waals surface area (Å²) >= 11 is 8.39. The first kappa shape index (κ1) is 22.9. The average molecular weight is 500 g/mol. The predicted octanol–water partition coefficient (Wildman–Crippen LogP) is 5.51. The van der Waals surface area contributed by atoms with Crippen LogP contribution in [-0.2, 0) is 4.74 Å². The highest BCUT2D eigenvalue weighted by Gasteiger charge is 2.26. The molecule has 4 aromatic rings. The second-order valence-corrected chi connectivity index (χ2v) is 9.71. The SMILES string of the molecule is CCOC(=O)c1sc(NC(=O)c2cc(-c3ccc(Cl)s3)nc3ccccc23)c(C(N)=O)c1C. The van der Waals surface area contributed by atoms with Gasteiger partial charge in [-0.2, -0.15) is 0 Å². The van der Waals surface area contributed by atoms with Crippen LogP contribution in [0.4, 0.5) is 5.00 Å². The predicted molar refractivity (Wildman–Crippen MR) is 132 cm³/mol. The van der Waals surface area contributed by atoms with Crippen molar-refractivity contribution in [2.24, 2.45) is 5.73 Å². The fourth-order valence-corrected chi connectivity index (χ4v) is 5.51. The van der Waals surface area contributed by atoms with Crippen molar-refractivity contribution in [3.63, 3.8) is 0 Å². The molecule has 0 saturated heterocycles. The van der Waals surface area contributed by atoms with Crippen LogP contribution >= 0.6 is 34.3 Å². The van der Waals surface area contributed by atoms with Gasteiger partial charge in [0.15, 0.2) is 0 Å². The number of ether oxygens (including phenoxy) is 1. The Balaban J connectivity index is 1.79. The number of pyridine rings is 1. The summed E-state index contributed by atoms with van der Waals surface area (Å²) in [6, 6.07) is 12.5. The fourth-order valence-electron chi connectivity index (χ4n) is 3.40. The van der Waals surface area contributed by atoms with E-state index in [-0.39, 0.29) is 22.0 Å². The van der Waals surface area contributed by atoms with Crippen molar-refractivity contribution in [2.75, 3.05) is 11.9 Å². The number of nitrogens with one attached hydrogen (secondary N) is 1. The lowest BCUT2D eigenvalue weighted by molar-refractivity contribution is 0.0531. The number of nitrogens with zero attached hydrogens (tertiary/aromatic N) is 1. The van der Waals surface area contributed by atoms with Crippen molar-refractivity contribution in [1.82, 2.24) is 4.98 Å². The summed E-state index contributed by atoms with van der Waals surface area (Å²) in [5, 5.41) is 3.59. The Kier molecular flexibility index (Phi) is 6.46. The Hall–Kier alpha value is -3.27. The van der Waals surface area contributed by atoms with Crippen LogP contribution in [0, 0.1) is 6.92 Å². The van der Waals surface area contributed by atoms with Gasteiger partial charge in [0.05, 0.1) is 38.2 Å². The molecular formula is C23H18ClN3O4S2. The number of thiophene rings is 2. The maximum absolute atomic E-state index is 13.4. The summed E-state index contributed by atoms with van der Waals surface area (Å²) < 4.78 is 5.67. The molecule has 0 aliphatic carbocycles. The highest BCUT2D eigenvalue weighted by molar-refractivity contribution is 7.19. The van der Waals surface area contributed by atoms with Crippen LogP contribution in [0.25, 0.3) is 21.5 Å². The number of esters is 1. The van der Waals surface area contributed by atoms with Crippen LogP contribution in [0.3, 0.4) is 0 Å². The van der Waals surface area contributed by atoms with Gasteiger partial charge < -0.3 is 15.8 Å². The molecule has 0 atom stereocenters. The standard InChI is InChI=1S/C23H18ClN3O4S2/c1-3-31-23(30)19-11(2)18(20(25)28)22(33-19)27-21(29)13-10-15(16-8-9-17(24)32-16)26-14-7-5-4-6-12(13)14/h4-10H,3H2,1-2H3,(H2,25,28)(H,27,29). The van der Waals surface area contributed by atoms with Gasteiger partial charge >= 0.3 is 5.97 Å². The van der Waals surface area contributed by atoms with Crippen LogP contribution in [0.15, 0.2) is 42.5 Å². The van der Waals surface area contributed by atoms with Crippen LogP contribution in [0.2, 0.25) is 4.34 Å². The molecule has 0 unspecified atom stereocenters. The summed E-state index contributed by atoms with van der Waals surface area (Å²) in [5.41, 5.74) is 7.60. The molecule has 0 aliphatic rings. The van der Waals surface area contributed by atoms with Gasteiger partial charge in [0.25, 0.3) is 11.8 Å². The minimum Gasteiger partial charge on any atom is -0.462 e. The molecule has 1 aromatic carbocycles. The largest absolute Gasteiger partial charge is 0.462 e. The van der Waals surface area contributed by atoms with Gasteiger partial charge in [-0.05, 0) is 43.7 Å². The molecule has 0 radical (unpaired) electrons. The fraction of sp³-hybridized carbons (Fsp3) is 0.130. The second-order valence-electron chi connectivity index (χ2n) is 6.98. The zero-order valence-corrected chi connectivity index (χ0v) is 20.0. The molecule has 3 N–H and O–H groups in total. The van der Waals surface area contributed by atoms with Crippen molar-refractivity contribution in [2.45, 2.75) is 13.8 Å². The van der Waals surface area contributed by atoms with E-state index in [2.05, 4.69) is 10.3 Å². The first-order valence-corrected chi connectivity index (χ1v) is 11.9. The van der Waals surface area contributed by atoms with E-state index in [1.807, 2.05) is 24.3 Å². The second kappa shape index (κ2) is 9.30. The number of carbonyl (C=O) groups excluding carboxylic acids is 3. The number of amides is 2. The zero-order valence-electron chi connectivity index (χ0n) is 17.6. The summed E-state index contributed by atoms with van der Waals surface area (Å²) in [6.45, 7) is 3.46. The molecule has 2 amide bonds. The molecular weight excluding hydrogens is 482 g/mol. The third-order valence-electron chi connectivity index (χ3n) is 4.87. The Bertz CT molecular complexity index is 1410. The quantitative estimate of drug-likeness (QED) is 0.339. The smallest absolute Gasteiger partial charge is 0.348 e. The van der Waals surface area contributed by atoms with Crippen molar-refractivity contribution in [3.8, 4) is 10.6 Å². The van der Waals surface area contributed by atoms with Crippen molar-refractivity contribution in [3.05, 3.63) is 68.4 Å². The molecule has 0 aliphatic heterocycles. The summed E-state index contributed by atoms with van der Waals surface area (Å²) in [5.74, 6) is -1.78. The van der Waals surface area contributed by atoms with Crippen LogP contribution in [0.5, 0.6) is 0 Å². The number of nitrogens with two attached hydrogens (primary N) is 1. The van der Waals surface area contributed by atoms with E-state index in [4.69, 9.17) is 22.1 Å². The molecule has 7 nitrogen and oxygen atoms in total. The third kappa shape index (κ3) is 4.47. The monoisotopic (exact) mass is 499 g/mol. The lowest BCUT2D eigenvalue weighted by Crippen LogP contribution is -2.18. The van der Waals surface area contributed by atoms with E-state index in [9.17, 15) is 14.4 Å². The molecule has 10 heteroatoms. The molecule has 0 bridgehead atoms. The topological polar surface area (TPSA) is 111 Å². The first-order chi connectivity index (χ1) is 15.8. The molecule has 168 valence electrons. The van der Waals surface area contributed by atoms with Crippen molar-refractivity contribution >= 4 is 68.0 Å². The van der Waals surface area contributed by atoms with Crippen LogP contribution in [0.1, 0.15) is 42.9 Å². The van der Waals surface area contributed by atoms with Crippen LogP contribution in [-0.4, -0.2) is 29.4 Å². The van der Waals surface area contributed by atoms with Gasteiger partial charge in [-0.25, -0.2) is 9.78 Å². The Morgan fingerprint density at radius 3 is 2.58 bits per heavy atom. The highest BCUT2D eigenvalue weighted by Crippen LogP contribution is 2.35. The van der Waals surface area contributed by atoms with Gasteiger partial charge in [0.2, 0.25) is 0 Å². The molecule has 0 spiro atoms. The number of benzene rings is 1. The molecule has 4 rings (SSSR count). The van der Waals surface area contributed by atoms with Gasteiger partial charge in [-0.1, -0.05) is 29.8 Å². The number of carbonyl (C=O) groups is 3. The summed E-state index contributed by atoms with van der Waals surface area (Å²) in [6.07, 6.45) is 0. The lowest BCUT2D eigenvalue weighted by atomic mass is 10.1. The van der Waals surface area contributed by atoms with Crippen molar-refractivity contribution < 1.29 is 19.1 Å². The van der Waals surface area contributed by atoms with Gasteiger partial charge in [-0.15, -0.1) is 22.7 Å². The minimum absolute atomic E-state index is 0.0834.